The molecule has 2 nitrogen and oxygen atoms in total. The standard InChI is InChI=1S/C7H16N2/c1-3-5-7(8)9-6-4-2/h3-6H2,1-2H3,(H2,8,9). The highest BCUT2D eigenvalue weighted by Gasteiger charge is 1.86. The highest BCUT2D eigenvalue weighted by molar-refractivity contribution is 5.80. The van der Waals surface area contributed by atoms with Crippen molar-refractivity contribution in [3.8, 4) is 0 Å². The Bertz CT molecular complexity index is 86.9. The molecule has 0 aromatic carbocycles. The van der Waals surface area contributed by atoms with Crippen molar-refractivity contribution in [1.82, 2.24) is 0 Å². The van der Waals surface area contributed by atoms with Gasteiger partial charge in [0.15, 0.2) is 0 Å². The van der Waals surface area contributed by atoms with Crippen LogP contribution in [0.2, 0.25) is 0 Å². The Hall–Kier alpha value is -0.530. The highest BCUT2D eigenvalue weighted by atomic mass is 14.8. The summed E-state index contributed by atoms with van der Waals surface area (Å²) >= 11 is 0. The maximum Gasteiger partial charge on any atom is 0.0936 e. The fourth-order valence-electron chi connectivity index (χ4n) is 0.591. The Morgan fingerprint density at radius 1 is 1.33 bits per heavy atom. The molecule has 0 radical (unpaired) electrons. The minimum atomic E-state index is 0.805. The summed E-state index contributed by atoms with van der Waals surface area (Å²) in [4.78, 5) is 4.13. The second kappa shape index (κ2) is 5.60. The van der Waals surface area contributed by atoms with E-state index in [0.717, 1.165) is 31.6 Å². The zero-order valence-electron chi connectivity index (χ0n) is 6.35. The molecule has 0 atom stereocenters. The lowest BCUT2D eigenvalue weighted by atomic mass is 10.3. The largest absolute Gasteiger partial charge is 0.387 e. The summed E-state index contributed by atoms with van der Waals surface area (Å²) in [7, 11) is 0. The normalized spacial score (nSPS) is 12.0. The van der Waals surface area contributed by atoms with Gasteiger partial charge < -0.3 is 5.73 Å². The summed E-state index contributed by atoms with van der Waals surface area (Å²) in [5.41, 5.74) is 5.52. The lowest BCUT2D eigenvalue weighted by molar-refractivity contribution is 0.905. The van der Waals surface area contributed by atoms with E-state index >= 15 is 0 Å². The molecule has 0 aromatic rings. The minimum Gasteiger partial charge on any atom is -0.387 e. The van der Waals surface area contributed by atoms with Crippen LogP contribution in [-0.4, -0.2) is 12.4 Å². The summed E-state index contributed by atoms with van der Waals surface area (Å²) in [6.45, 7) is 5.09. The lowest BCUT2D eigenvalue weighted by Gasteiger charge is -1.94. The first-order valence-corrected chi connectivity index (χ1v) is 3.60. The van der Waals surface area contributed by atoms with E-state index in [0.29, 0.717) is 0 Å². The van der Waals surface area contributed by atoms with Crippen LogP contribution in [0.3, 0.4) is 0 Å². The molecule has 54 valence electrons. The summed E-state index contributed by atoms with van der Waals surface area (Å²) in [6.07, 6.45) is 3.13. The summed E-state index contributed by atoms with van der Waals surface area (Å²) < 4.78 is 0. The third kappa shape index (κ3) is 5.34. The van der Waals surface area contributed by atoms with Crippen molar-refractivity contribution in [3.05, 3.63) is 0 Å². The van der Waals surface area contributed by atoms with Gasteiger partial charge in [-0.25, -0.2) is 0 Å². The lowest BCUT2D eigenvalue weighted by Crippen LogP contribution is -2.11. The SMILES string of the molecule is CCCN=C(N)CCC. The molecule has 0 saturated carbocycles. The van der Waals surface area contributed by atoms with E-state index in [-0.39, 0.29) is 0 Å². The number of amidine groups is 1. The molecule has 0 aromatic heterocycles. The van der Waals surface area contributed by atoms with Gasteiger partial charge in [-0.1, -0.05) is 13.8 Å². The van der Waals surface area contributed by atoms with Crippen molar-refractivity contribution in [2.75, 3.05) is 6.54 Å². The molecule has 2 N–H and O–H groups in total. The third-order valence-electron chi connectivity index (χ3n) is 1.04. The Balaban J connectivity index is 3.30. The fraction of sp³-hybridized carbons (Fsp3) is 0.857. The van der Waals surface area contributed by atoms with Gasteiger partial charge in [0, 0.05) is 13.0 Å². The zero-order valence-corrected chi connectivity index (χ0v) is 6.35. The summed E-state index contributed by atoms with van der Waals surface area (Å²) in [5, 5.41) is 0. The van der Waals surface area contributed by atoms with E-state index in [9.17, 15) is 0 Å². The molecule has 0 saturated heterocycles. The van der Waals surface area contributed by atoms with Crippen molar-refractivity contribution in [2.24, 2.45) is 10.7 Å². The van der Waals surface area contributed by atoms with Gasteiger partial charge >= 0.3 is 0 Å². The van der Waals surface area contributed by atoms with E-state index < -0.39 is 0 Å². The average molecular weight is 128 g/mol. The maximum atomic E-state index is 5.52. The van der Waals surface area contributed by atoms with Gasteiger partial charge in [0.1, 0.15) is 0 Å². The number of hydrogen-bond donors (Lipinski definition) is 1. The molecule has 0 rings (SSSR count). The summed E-state index contributed by atoms with van der Waals surface area (Å²) in [5.74, 6) is 0.805. The maximum absolute atomic E-state index is 5.52. The zero-order chi connectivity index (χ0) is 7.11. The van der Waals surface area contributed by atoms with E-state index in [1.54, 1.807) is 0 Å². The quantitative estimate of drug-likeness (QED) is 0.453. The summed E-state index contributed by atoms with van der Waals surface area (Å²) in [6, 6.07) is 0. The number of rotatable bonds is 4. The van der Waals surface area contributed by atoms with Crippen LogP contribution in [0.25, 0.3) is 0 Å². The Kier molecular flexibility index (Phi) is 5.27. The van der Waals surface area contributed by atoms with E-state index in [2.05, 4.69) is 18.8 Å². The molecule has 0 bridgehead atoms. The number of nitrogens with two attached hydrogens (primary N) is 1. The van der Waals surface area contributed by atoms with Crippen LogP contribution in [0.5, 0.6) is 0 Å². The van der Waals surface area contributed by atoms with Crippen LogP contribution in [0, 0.1) is 0 Å². The van der Waals surface area contributed by atoms with Gasteiger partial charge in [0.05, 0.1) is 5.84 Å². The molecular formula is C7H16N2. The van der Waals surface area contributed by atoms with Gasteiger partial charge in [-0.3, -0.25) is 4.99 Å². The molecular weight excluding hydrogens is 112 g/mol. The van der Waals surface area contributed by atoms with Crippen LogP contribution in [0.1, 0.15) is 33.1 Å². The molecule has 0 amide bonds. The van der Waals surface area contributed by atoms with Crippen LogP contribution in [0.4, 0.5) is 0 Å². The molecule has 0 fully saturated rings. The monoisotopic (exact) mass is 128 g/mol. The minimum absolute atomic E-state index is 0.805. The van der Waals surface area contributed by atoms with Gasteiger partial charge in [-0.15, -0.1) is 0 Å². The molecule has 0 unspecified atom stereocenters. The number of aliphatic imine (C=N–C) groups is 1. The third-order valence-corrected chi connectivity index (χ3v) is 1.04. The predicted octanol–water partition coefficient (Wildman–Crippen LogP) is 1.55. The van der Waals surface area contributed by atoms with Gasteiger partial charge in [0.25, 0.3) is 0 Å². The van der Waals surface area contributed by atoms with Crippen molar-refractivity contribution in [2.45, 2.75) is 33.1 Å². The molecule has 0 aliphatic heterocycles. The second-order valence-corrected chi connectivity index (χ2v) is 2.12. The first-order chi connectivity index (χ1) is 4.31. The van der Waals surface area contributed by atoms with Crippen molar-refractivity contribution in [3.63, 3.8) is 0 Å². The molecule has 2 heteroatoms. The van der Waals surface area contributed by atoms with E-state index in [1.165, 1.54) is 0 Å². The van der Waals surface area contributed by atoms with E-state index in [4.69, 9.17) is 5.73 Å². The van der Waals surface area contributed by atoms with E-state index in [1.807, 2.05) is 0 Å². The fourth-order valence-corrected chi connectivity index (χ4v) is 0.591. The van der Waals surface area contributed by atoms with Gasteiger partial charge in [-0.2, -0.15) is 0 Å². The molecule has 0 aliphatic carbocycles. The second-order valence-electron chi connectivity index (χ2n) is 2.12. The van der Waals surface area contributed by atoms with Crippen molar-refractivity contribution >= 4 is 5.84 Å². The Morgan fingerprint density at radius 2 is 2.00 bits per heavy atom. The van der Waals surface area contributed by atoms with Crippen LogP contribution < -0.4 is 5.73 Å². The Morgan fingerprint density at radius 3 is 2.44 bits per heavy atom. The van der Waals surface area contributed by atoms with Gasteiger partial charge in [0.2, 0.25) is 0 Å². The van der Waals surface area contributed by atoms with Crippen molar-refractivity contribution in [1.29, 1.82) is 0 Å². The Labute approximate surface area is 57.2 Å². The highest BCUT2D eigenvalue weighted by Crippen LogP contribution is 1.87. The van der Waals surface area contributed by atoms with Crippen LogP contribution >= 0.6 is 0 Å². The average Bonchev–Trinajstić information content (AvgIpc) is 1.85. The molecule has 0 aliphatic rings. The van der Waals surface area contributed by atoms with Gasteiger partial charge in [-0.05, 0) is 12.8 Å². The predicted molar refractivity (Wildman–Crippen MR) is 41.7 cm³/mol. The number of hydrogen-bond acceptors (Lipinski definition) is 1. The van der Waals surface area contributed by atoms with Crippen molar-refractivity contribution < 1.29 is 0 Å². The first-order valence-electron chi connectivity index (χ1n) is 3.60. The molecule has 0 heterocycles. The topological polar surface area (TPSA) is 38.4 Å². The molecule has 0 spiro atoms. The smallest absolute Gasteiger partial charge is 0.0936 e. The van der Waals surface area contributed by atoms with Crippen LogP contribution in [-0.2, 0) is 0 Å². The number of nitrogens with zero attached hydrogens (tertiary/aromatic N) is 1. The van der Waals surface area contributed by atoms with Crippen LogP contribution in [0.15, 0.2) is 4.99 Å². The first kappa shape index (κ1) is 8.47. The molecule has 9 heavy (non-hydrogen) atoms.